The molecular weight excluding hydrogens is 362 g/mol. The predicted octanol–water partition coefficient (Wildman–Crippen LogP) is 5.00. The Hall–Kier alpha value is -1.91. The van der Waals surface area contributed by atoms with Crippen LogP contribution in [0.25, 0.3) is 0 Å². The van der Waals surface area contributed by atoms with E-state index >= 15 is 0 Å². The molecule has 0 saturated heterocycles. The van der Waals surface area contributed by atoms with Crippen LogP contribution in [0.3, 0.4) is 0 Å². The first-order valence-corrected chi connectivity index (χ1v) is 9.75. The summed E-state index contributed by atoms with van der Waals surface area (Å²) in [4.78, 5) is 0. The van der Waals surface area contributed by atoms with Crippen molar-refractivity contribution < 1.29 is 14.2 Å². The van der Waals surface area contributed by atoms with Gasteiger partial charge in [-0.1, -0.05) is 50.6 Å². The number of hydrogen-bond donors (Lipinski definition) is 1. The molecule has 0 bridgehead atoms. The third-order valence-electron chi connectivity index (χ3n) is 4.08. The Labute approximate surface area is 167 Å². The van der Waals surface area contributed by atoms with Gasteiger partial charge in [0.25, 0.3) is 0 Å². The first-order valence-electron chi connectivity index (χ1n) is 9.37. The number of benzene rings is 2. The van der Waals surface area contributed by atoms with E-state index < -0.39 is 0 Å². The minimum absolute atomic E-state index is 0.0156. The molecule has 0 atom stereocenters. The Balaban J connectivity index is 2.03. The Morgan fingerprint density at radius 1 is 0.963 bits per heavy atom. The van der Waals surface area contributed by atoms with Crippen molar-refractivity contribution in [3.05, 3.63) is 52.5 Å². The van der Waals surface area contributed by atoms with Crippen LogP contribution in [0.4, 0.5) is 0 Å². The van der Waals surface area contributed by atoms with E-state index in [9.17, 15) is 0 Å². The largest absolute Gasteiger partial charge is 0.490 e. The number of para-hydroxylation sites is 1. The molecule has 5 heteroatoms. The van der Waals surface area contributed by atoms with Gasteiger partial charge in [0.1, 0.15) is 19.0 Å². The molecule has 0 fully saturated rings. The SMILES string of the molecule is CCOc1cc(CCN)cc(Cl)c1OCCOc1ccccc1C(C)(C)C. The van der Waals surface area contributed by atoms with E-state index in [1.165, 1.54) is 5.56 Å². The van der Waals surface area contributed by atoms with Gasteiger partial charge in [-0.15, -0.1) is 0 Å². The van der Waals surface area contributed by atoms with Crippen LogP contribution in [-0.4, -0.2) is 26.4 Å². The molecule has 27 heavy (non-hydrogen) atoms. The van der Waals surface area contributed by atoms with E-state index in [4.69, 9.17) is 31.5 Å². The highest BCUT2D eigenvalue weighted by atomic mass is 35.5. The molecule has 0 saturated carbocycles. The van der Waals surface area contributed by atoms with Crippen LogP contribution in [0.2, 0.25) is 5.02 Å². The number of halogens is 1. The molecule has 0 unspecified atom stereocenters. The smallest absolute Gasteiger partial charge is 0.179 e. The molecule has 2 N–H and O–H groups in total. The van der Waals surface area contributed by atoms with E-state index in [0.29, 0.717) is 42.9 Å². The lowest BCUT2D eigenvalue weighted by atomic mass is 9.86. The van der Waals surface area contributed by atoms with Gasteiger partial charge in [0.05, 0.1) is 11.6 Å². The zero-order valence-corrected chi connectivity index (χ0v) is 17.4. The van der Waals surface area contributed by atoms with Crippen LogP contribution < -0.4 is 19.9 Å². The maximum atomic E-state index is 6.40. The van der Waals surface area contributed by atoms with Gasteiger partial charge < -0.3 is 19.9 Å². The fourth-order valence-electron chi connectivity index (χ4n) is 2.84. The topological polar surface area (TPSA) is 53.7 Å². The molecule has 0 aliphatic rings. The summed E-state index contributed by atoms with van der Waals surface area (Å²) >= 11 is 6.40. The standard InChI is InChI=1S/C22H30ClNO3/c1-5-25-20-15-16(10-11-24)14-18(23)21(20)27-13-12-26-19-9-7-6-8-17(19)22(2,3)4/h6-9,14-15H,5,10-13,24H2,1-4H3. The minimum atomic E-state index is 0.0156. The average Bonchev–Trinajstić information content (AvgIpc) is 2.60. The van der Waals surface area contributed by atoms with Gasteiger partial charge in [0, 0.05) is 0 Å². The Kier molecular flexibility index (Phi) is 7.81. The molecule has 0 heterocycles. The molecule has 2 aromatic rings. The minimum Gasteiger partial charge on any atom is -0.490 e. The fourth-order valence-corrected chi connectivity index (χ4v) is 3.13. The van der Waals surface area contributed by atoms with Gasteiger partial charge in [0.2, 0.25) is 0 Å². The fraction of sp³-hybridized carbons (Fsp3) is 0.455. The summed E-state index contributed by atoms with van der Waals surface area (Å²) in [6.07, 6.45) is 0.743. The maximum absolute atomic E-state index is 6.40. The average molecular weight is 392 g/mol. The third-order valence-corrected chi connectivity index (χ3v) is 4.37. The molecule has 4 nitrogen and oxygen atoms in total. The lowest BCUT2D eigenvalue weighted by molar-refractivity contribution is 0.206. The molecule has 2 rings (SSSR count). The highest BCUT2D eigenvalue weighted by Crippen LogP contribution is 2.37. The van der Waals surface area contributed by atoms with Crippen molar-refractivity contribution in [2.45, 2.75) is 39.5 Å². The van der Waals surface area contributed by atoms with Crippen LogP contribution in [0.5, 0.6) is 17.2 Å². The van der Waals surface area contributed by atoms with Gasteiger partial charge in [-0.3, -0.25) is 0 Å². The van der Waals surface area contributed by atoms with Crippen LogP contribution in [0.1, 0.15) is 38.8 Å². The van der Waals surface area contributed by atoms with Crippen molar-refractivity contribution in [2.24, 2.45) is 5.73 Å². The normalized spacial score (nSPS) is 11.3. The summed E-state index contributed by atoms with van der Waals surface area (Å²) in [6, 6.07) is 11.9. The second kappa shape index (κ2) is 9.86. The number of hydrogen-bond acceptors (Lipinski definition) is 4. The molecule has 0 radical (unpaired) electrons. The van der Waals surface area contributed by atoms with E-state index in [0.717, 1.165) is 17.7 Å². The molecule has 2 aromatic carbocycles. The molecule has 0 amide bonds. The lowest BCUT2D eigenvalue weighted by Gasteiger charge is -2.22. The second-order valence-electron chi connectivity index (χ2n) is 7.32. The molecule has 0 aromatic heterocycles. The molecule has 0 spiro atoms. The van der Waals surface area contributed by atoms with Crippen molar-refractivity contribution in [3.8, 4) is 17.2 Å². The summed E-state index contributed by atoms with van der Waals surface area (Å²) in [5, 5.41) is 0.527. The van der Waals surface area contributed by atoms with E-state index in [2.05, 4.69) is 26.8 Å². The van der Waals surface area contributed by atoms with Gasteiger partial charge in [-0.05, 0) is 54.6 Å². The zero-order chi connectivity index (χ0) is 19.9. The third kappa shape index (κ3) is 6.05. The van der Waals surface area contributed by atoms with E-state index in [1.807, 2.05) is 37.3 Å². The van der Waals surface area contributed by atoms with Crippen molar-refractivity contribution in [1.82, 2.24) is 0 Å². The van der Waals surface area contributed by atoms with Crippen molar-refractivity contribution >= 4 is 11.6 Å². The van der Waals surface area contributed by atoms with Crippen molar-refractivity contribution in [3.63, 3.8) is 0 Å². The summed E-state index contributed by atoms with van der Waals surface area (Å²) < 4.78 is 17.5. The molecule has 0 aliphatic heterocycles. The van der Waals surface area contributed by atoms with Crippen LogP contribution >= 0.6 is 11.6 Å². The number of ether oxygens (including phenoxy) is 3. The maximum Gasteiger partial charge on any atom is 0.179 e. The second-order valence-corrected chi connectivity index (χ2v) is 7.73. The van der Waals surface area contributed by atoms with Crippen LogP contribution in [-0.2, 0) is 11.8 Å². The Morgan fingerprint density at radius 3 is 2.33 bits per heavy atom. The number of nitrogens with two attached hydrogens (primary N) is 1. The van der Waals surface area contributed by atoms with E-state index in [1.54, 1.807) is 0 Å². The van der Waals surface area contributed by atoms with Gasteiger partial charge in [-0.2, -0.15) is 0 Å². The quantitative estimate of drug-likeness (QED) is 0.611. The number of rotatable bonds is 9. The lowest BCUT2D eigenvalue weighted by Crippen LogP contribution is -2.16. The van der Waals surface area contributed by atoms with Crippen LogP contribution in [0.15, 0.2) is 36.4 Å². The zero-order valence-electron chi connectivity index (χ0n) is 16.7. The molecular formula is C22H30ClNO3. The summed E-state index contributed by atoms with van der Waals surface area (Å²) in [7, 11) is 0. The van der Waals surface area contributed by atoms with Crippen molar-refractivity contribution in [2.75, 3.05) is 26.4 Å². The first kappa shape index (κ1) is 21.4. The highest BCUT2D eigenvalue weighted by Gasteiger charge is 2.18. The first-order chi connectivity index (χ1) is 12.9. The van der Waals surface area contributed by atoms with Gasteiger partial charge in [-0.25, -0.2) is 0 Å². The Bertz CT molecular complexity index is 741. The summed E-state index contributed by atoms with van der Waals surface area (Å²) in [5.41, 5.74) is 7.86. The van der Waals surface area contributed by atoms with Gasteiger partial charge in [0.15, 0.2) is 11.5 Å². The molecule has 0 aliphatic carbocycles. The molecule has 148 valence electrons. The van der Waals surface area contributed by atoms with Crippen molar-refractivity contribution in [1.29, 1.82) is 0 Å². The summed E-state index contributed by atoms with van der Waals surface area (Å²) in [5.74, 6) is 2.07. The van der Waals surface area contributed by atoms with Gasteiger partial charge >= 0.3 is 0 Å². The predicted molar refractivity (Wildman–Crippen MR) is 112 cm³/mol. The van der Waals surface area contributed by atoms with E-state index in [-0.39, 0.29) is 5.41 Å². The van der Waals surface area contributed by atoms with Crippen LogP contribution in [0, 0.1) is 0 Å². The summed E-state index contributed by atoms with van der Waals surface area (Å²) in [6.45, 7) is 10.3. The highest BCUT2D eigenvalue weighted by molar-refractivity contribution is 6.32. The Morgan fingerprint density at radius 2 is 1.67 bits per heavy atom. The monoisotopic (exact) mass is 391 g/mol.